The van der Waals surface area contributed by atoms with E-state index in [0.717, 1.165) is 28.5 Å². The number of benzene rings is 2. The van der Waals surface area contributed by atoms with E-state index in [4.69, 9.17) is 0 Å². The zero-order valence-electron chi connectivity index (χ0n) is 15.5. The number of aromatic nitrogens is 1. The summed E-state index contributed by atoms with van der Waals surface area (Å²) in [5, 5.41) is 3.35. The first-order chi connectivity index (χ1) is 12.4. The first-order valence-electron chi connectivity index (χ1n) is 8.56. The molecular formula is C22H22N2O2. The molecule has 0 saturated heterocycles. The van der Waals surface area contributed by atoms with Gasteiger partial charge in [0, 0.05) is 39.6 Å². The van der Waals surface area contributed by atoms with E-state index in [-0.39, 0.29) is 11.6 Å². The van der Waals surface area contributed by atoms with Gasteiger partial charge in [0.15, 0.2) is 11.6 Å². The molecule has 3 aromatic rings. The topological polar surface area (TPSA) is 51.1 Å². The molecule has 0 saturated carbocycles. The van der Waals surface area contributed by atoms with Crippen molar-refractivity contribution in [2.45, 2.75) is 27.7 Å². The molecule has 0 fully saturated rings. The van der Waals surface area contributed by atoms with Crippen LogP contribution >= 0.6 is 0 Å². The lowest BCUT2D eigenvalue weighted by Gasteiger charge is -2.12. The lowest BCUT2D eigenvalue weighted by Crippen LogP contribution is -2.02. The van der Waals surface area contributed by atoms with Gasteiger partial charge in [0.05, 0.1) is 0 Å². The Morgan fingerprint density at radius 2 is 1.19 bits per heavy atom. The molecule has 1 heterocycles. The van der Waals surface area contributed by atoms with Crippen LogP contribution in [-0.2, 0) is 0 Å². The average molecular weight is 346 g/mol. The Hall–Kier alpha value is -3.14. The van der Waals surface area contributed by atoms with E-state index in [0.29, 0.717) is 11.1 Å². The van der Waals surface area contributed by atoms with Crippen LogP contribution in [0.2, 0.25) is 0 Å². The fraction of sp³-hybridized carbons (Fsp3) is 0.182. The van der Waals surface area contributed by atoms with Gasteiger partial charge in [-0.05, 0) is 64.1 Å². The number of ketones is 2. The van der Waals surface area contributed by atoms with Crippen LogP contribution < -0.4 is 5.32 Å². The summed E-state index contributed by atoms with van der Waals surface area (Å²) in [7, 11) is 0. The van der Waals surface area contributed by atoms with Gasteiger partial charge in [-0.2, -0.15) is 0 Å². The van der Waals surface area contributed by atoms with E-state index >= 15 is 0 Å². The summed E-state index contributed by atoms with van der Waals surface area (Å²) in [5.41, 5.74) is 5.54. The summed E-state index contributed by atoms with van der Waals surface area (Å²) >= 11 is 0. The highest BCUT2D eigenvalue weighted by molar-refractivity contribution is 6.09. The predicted octanol–water partition coefficient (Wildman–Crippen LogP) is 5.24. The maximum Gasteiger partial charge on any atom is 0.162 e. The van der Waals surface area contributed by atoms with E-state index in [1.165, 1.54) is 13.8 Å². The summed E-state index contributed by atoms with van der Waals surface area (Å²) in [4.78, 5) is 24.1. The van der Waals surface area contributed by atoms with Crippen molar-refractivity contribution in [1.82, 2.24) is 4.57 Å². The third-order valence-corrected chi connectivity index (χ3v) is 4.54. The lowest BCUT2D eigenvalue weighted by molar-refractivity contribution is 0.0981. The van der Waals surface area contributed by atoms with Crippen LogP contribution in [0.5, 0.6) is 0 Å². The Morgan fingerprint density at radius 1 is 0.731 bits per heavy atom. The second-order valence-corrected chi connectivity index (χ2v) is 6.41. The fourth-order valence-corrected chi connectivity index (χ4v) is 3.47. The smallest absolute Gasteiger partial charge is 0.162 e. The Morgan fingerprint density at radius 3 is 1.65 bits per heavy atom. The molecule has 0 aliphatic carbocycles. The molecule has 1 N–H and O–H groups in total. The number of Topliss-reactive ketones (excluding diaryl/α,β-unsaturated/α-hetero) is 2. The molecule has 0 radical (unpaired) electrons. The van der Waals surface area contributed by atoms with Crippen molar-refractivity contribution in [2.24, 2.45) is 0 Å². The monoisotopic (exact) mass is 346 g/mol. The minimum absolute atomic E-state index is 0.0862. The van der Waals surface area contributed by atoms with Crippen LogP contribution in [0, 0.1) is 13.8 Å². The third-order valence-electron chi connectivity index (χ3n) is 4.54. The van der Waals surface area contributed by atoms with E-state index in [2.05, 4.69) is 5.32 Å². The van der Waals surface area contributed by atoms with Gasteiger partial charge in [0.2, 0.25) is 0 Å². The Labute approximate surface area is 153 Å². The minimum Gasteiger partial charge on any atom is -0.356 e. The maximum absolute atomic E-state index is 12.1. The molecule has 26 heavy (non-hydrogen) atoms. The quantitative estimate of drug-likeness (QED) is 0.643. The molecule has 0 atom stereocenters. The van der Waals surface area contributed by atoms with Crippen LogP contribution in [-0.4, -0.2) is 16.1 Å². The van der Waals surface area contributed by atoms with Crippen molar-refractivity contribution in [2.75, 3.05) is 5.32 Å². The Bertz CT molecular complexity index is 930. The molecule has 2 aromatic carbocycles. The standard InChI is InChI=1S/C22H22N2O2/c1-14-21(16(3)25)22(17(4)26)15(2)24(14)20-12-10-19(11-13-20)23-18-8-6-5-7-9-18/h5-13,23H,1-4H3. The molecule has 0 aliphatic heterocycles. The SMILES string of the molecule is CC(=O)c1c(C(C)=O)c(C)n(-c2ccc(Nc3ccccc3)cc2)c1C. The number of para-hydroxylation sites is 1. The lowest BCUT2D eigenvalue weighted by atomic mass is 10.0. The molecule has 0 unspecified atom stereocenters. The van der Waals surface area contributed by atoms with Crippen LogP contribution in [0.4, 0.5) is 11.4 Å². The van der Waals surface area contributed by atoms with Crippen molar-refractivity contribution >= 4 is 22.9 Å². The van der Waals surface area contributed by atoms with Gasteiger partial charge < -0.3 is 9.88 Å². The van der Waals surface area contributed by atoms with Crippen molar-refractivity contribution in [3.63, 3.8) is 0 Å². The number of hydrogen-bond acceptors (Lipinski definition) is 3. The molecule has 0 amide bonds. The van der Waals surface area contributed by atoms with Crippen LogP contribution in [0.1, 0.15) is 46.0 Å². The van der Waals surface area contributed by atoms with Crippen LogP contribution in [0.25, 0.3) is 5.69 Å². The number of anilines is 2. The number of hydrogen-bond donors (Lipinski definition) is 1. The molecule has 0 spiro atoms. The average Bonchev–Trinajstić information content (AvgIpc) is 2.88. The summed E-state index contributed by atoms with van der Waals surface area (Å²) in [6.07, 6.45) is 0. The number of carbonyl (C=O) groups excluding carboxylic acids is 2. The van der Waals surface area contributed by atoms with Crippen molar-refractivity contribution in [3.05, 3.63) is 77.1 Å². The van der Waals surface area contributed by atoms with E-state index in [1.54, 1.807) is 0 Å². The second kappa shape index (κ2) is 7.00. The van der Waals surface area contributed by atoms with Gasteiger partial charge in [0.25, 0.3) is 0 Å². The molecule has 4 nitrogen and oxygen atoms in total. The number of nitrogens with one attached hydrogen (secondary N) is 1. The molecule has 0 bridgehead atoms. The molecule has 0 aliphatic rings. The van der Waals surface area contributed by atoms with Crippen LogP contribution in [0.15, 0.2) is 54.6 Å². The predicted molar refractivity (Wildman–Crippen MR) is 105 cm³/mol. The summed E-state index contributed by atoms with van der Waals surface area (Å²) < 4.78 is 1.97. The second-order valence-electron chi connectivity index (χ2n) is 6.41. The summed E-state index contributed by atoms with van der Waals surface area (Å²) in [6.45, 7) is 6.77. The zero-order valence-corrected chi connectivity index (χ0v) is 15.5. The van der Waals surface area contributed by atoms with Crippen molar-refractivity contribution < 1.29 is 9.59 Å². The first-order valence-corrected chi connectivity index (χ1v) is 8.56. The molecular weight excluding hydrogens is 324 g/mol. The largest absolute Gasteiger partial charge is 0.356 e. The number of carbonyl (C=O) groups is 2. The summed E-state index contributed by atoms with van der Waals surface area (Å²) in [6, 6.07) is 17.9. The van der Waals surface area contributed by atoms with Gasteiger partial charge in [-0.15, -0.1) is 0 Å². The van der Waals surface area contributed by atoms with Gasteiger partial charge in [0.1, 0.15) is 0 Å². The van der Waals surface area contributed by atoms with Gasteiger partial charge >= 0.3 is 0 Å². The fourth-order valence-electron chi connectivity index (χ4n) is 3.47. The van der Waals surface area contributed by atoms with Crippen molar-refractivity contribution in [3.8, 4) is 5.69 Å². The van der Waals surface area contributed by atoms with E-state index < -0.39 is 0 Å². The Kier molecular flexibility index (Phi) is 4.76. The van der Waals surface area contributed by atoms with Gasteiger partial charge in [-0.1, -0.05) is 18.2 Å². The van der Waals surface area contributed by atoms with Gasteiger partial charge in [-0.3, -0.25) is 9.59 Å². The highest BCUT2D eigenvalue weighted by atomic mass is 16.1. The first kappa shape index (κ1) is 17.7. The highest BCUT2D eigenvalue weighted by Crippen LogP contribution is 2.28. The van der Waals surface area contributed by atoms with Gasteiger partial charge in [-0.25, -0.2) is 0 Å². The van der Waals surface area contributed by atoms with E-state index in [1.807, 2.05) is 73.0 Å². The highest BCUT2D eigenvalue weighted by Gasteiger charge is 2.23. The number of nitrogens with zero attached hydrogens (tertiary/aromatic N) is 1. The molecule has 132 valence electrons. The molecule has 3 rings (SSSR count). The van der Waals surface area contributed by atoms with Crippen LogP contribution in [0.3, 0.4) is 0 Å². The maximum atomic E-state index is 12.1. The zero-order chi connectivity index (χ0) is 18.8. The number of rotatable bonds is 5. The van der Waals surface area contributed by atoms with E-state index in [9.17, 15) is 9.59 Å². The third kappa shape index (κ3) is 3.18. The molecule has 4 heteroatoms. The minimum atomic E-state index is -0.0862. The summed E-state index contributed by atoms with van der Waals surface area (Å²) in [5.74, 6) is -0.172. The molecule has 1 aromatic heterocycles. The van der Waals surface area contributed by atoms with Crippen molar-refractivity contribution in [1.29, 1.82) is 0 Å². The Balaban J connectivity index is 2.01. The normalized spacial score (nSPS) is 10.6.